The number of anilines is 2. The molecule has 9 heteroatoms. The standard InChI is InChI=1S/C21H26N4O5/c1-24-16-11-13(7-9-17(16)30-12-19(24)27)22-18(26)10-8-15-20(28)25(21(29)23-15)14-5-3-2-4-6-14/h7,9,11,14-15H,2-6,8,10,12H2,1H3,(H,22,26)(H,23,29)/t15-/m0/s1. The molecular weight excluding hydrogens is 388 g/mol. The number of urea groups is 1. The Kier molecular flexibility index (Phi) is 5.61. The Morgan fingerprint density at radius 2 is 1.97 bits per heavy atom. The number of imide groups is 1. The summed E-state index contributed by atoms with van der Waals surface area (Å²) >= 11 is 0. The first-order valence-corrected chi connectivity index (χ1v) is 10.4. The number of nitrogens with one attached hydrogen (secondary N) is 2. The summed E-state index contributed by atoms with van der Waals surface area (Å²) < 4.78 is 5.38. The van der Waals surface area contributed by atoms with Crippen LogP contribution in [0.5, 0.6) is 5.75 Å². The van der Waals surface area contributed by atoms with Crippen LogP contribution in [0.1, 0.15) is 44.9 Å². The number of nitrogens with zero attached hydrogens (tertiary/aromatic N) is 2. The smallest absolute Gasteiger partial charge is 0.325 e. The second kappa shape index (κ2) is 8.33. The lowest BCUT2D eigenvalue weighted by molar-refractivity contribution is -0.129. The number of likely N-dealkylation sites (N-methyl/N-ethyl adjacent to an activating group) is 1. The molecule has 2 heterocycles. The van der Waals surface area contributed by atoms with Gasteiger partial charge in [0.05, 0.1) is 5.69 Å². The molecule has 9 nitrogen and oxygen atoms in total. The highest BCUT2D eigenvalue weighted by atomic mass is 16.5. The maximum atomic E-state index is 12.7. The molecule has 1 saturated heterocycles. The van der Waals surface area contributed by atoms with Crippen LogP contribution in [0.2, 0.25) is 0 Å². The Balaban J connectivity index is 1.32. The third-order valence-electron chi connectivity index (χ3n) is 5.98. The first kappa shape index (κ1) is 20.2. The van der Waals surface area contributed by atoms with Crippen molar-refractivity contribution in [3.63, 3.8) is 0 Å². The zero-order valence-corrected chi connectivity index (χ0v) is 17.0. The van der Waals surface area contributed by atoms with E-state index in [2.05, 4.69) is 10.6 Å². The zero-order chi connectivity index (χ0) is 21.3. The normalized spacial score (nSPS) is 21.9. The highest BCUT2D eigenvalue weighted by Crippen LogP contribution is 2.33. The molecule has 1 aromatic carbocycles. The highest BCUT2D eigenvalue weighted by molar-refractivity contribution is 6.05. The van der Waals surface area contributed by atoms with Gasteiger partial charge in [-0.25, -0.2) is 4.79 Å². The average molecular weight is 414 g/mol. The fourth-order valence-corrected chi connectivity index (χ4v) is 4.28. The summed E-state index contributed by atoms with van der Waals surface area (Å²) in [7, 11) is 1.65. The molecule has 30 heavy (non-hydrogen) atoms. The molecule has 5 amide bonds. The monoisotopic (exact) mass is 414 g/mol. The molecule has 0 radical (unpaired) electrons. The molecule has 3 aliphatic rings. The lowest BCUT2D eigenvalue weighted by Crippen LogP contribution is -2.42. The summed E-state index contributed by atoms with van der Waals surface area (Å²) in [6.07, 6.45) is 5.24. The molecular formula is C21H26N4O5. The van der Waals surface area contributed by atoms with E-state index in [4.69, 9.17) is 4.74 Å². The predicted molar refractivity (Wildman–Crippen MR) is 109 cm³/mol. The molecule has 2 N–H and O–H groups in total. The van der Waals surface area contributed by atoms with Gasteiger partial charge in [0.1, 0.15) is 11.8 Å². The molecule has 1 atom stereocenters. The van der Waals surface area contributed by atoms with Crippen molar-refractivity contribution >= 4 is 35.1 Å². The van der Waals surface area contributed by atoms with Crippen molar-refractivity contribution in [2.75, 3.05) is 23.9 Å². The quantitative estimate of drug-likeness (QED) is 0.717. The first-order chi connectivity index (χ1) is 14.4. The van der Waals surface area contributed by atoms with E-state index in [0.29, 0.717) is 17.1 Å². The van der Waals surface area contributed by atoms with E-state index in [1.54, 1.807) is 25.2 Å². The maximum absolute atomic E-state index is 12.7. The second-order valence-corrected chi connectivity index (χ2v) is 8.01. The Hall–Kier alpha value is -3.10. The molecule has 2 fully saturated rings. The highest BCUT2D eigenvalue weighted by Gasteiger charge is 2.42. The van der Waals surface area contributed by atoms with Crippen molar-refractivity contribution in [3.8, 4) is 5.75 Å². The molecule has 1 aromatic rings. The van der Waals surface area contributed by atoms with Crippen molar-refractivity contribution in [3.05, 3.63) is 18.2 Å². The van der Waals surface area contributed by atoms with Gasteiger partial charge in [-0.2, -0.15) is 0 Å². The molecule has 0 bridgehead atoms. The van der Waals surface area contributed by atoms with Gasteiger partial charge in [0, 0.05) is 25.2 Å². The SMILES string of the molecule is CN1C(=O)COc2ccc(NC(=O)CC[C@@H]3NC(=O)N(C4CCCCC4)C3=O)cc21. The van der Waals surface area contributed by atoms with Crippen LogP contribution in [0.3, 0.4) is 0 Å². The third kappa shape index (κ3) is 3.96. The van der Waals surface area contributed by atoms with Crippen LogP contribution in [0.25, 0.3) is 0 Å². The molecule has 1 aliphatic carbocycles. The zero-order valence-electron chi connectivity index (χ0n) is 17.0. The van der Waals surface area contributed by atoms with Crippen molar-refractivity contribution in [1.29, 1.82) is 0 Å². The number of ether oxygens (including phenoxy) is 1. The summed E-state index contributed by atoms with van der Waals surface area (Å²) in [5, 5.41) is 5.50. The largest absolute Gasteiger partial charge is 0.482 e. The predicted octanol–water partition coefficient (Wildman–Crippen LogP) is 2.01. The van der Waals surface area contributed by atoms with E-state index in [-0.39, 0.29) is 49.2 Å². The summed E-state index contributed by atoms with van der Waals surface area (Å²) in [6.45, 7) is -0.00574. The van der Waals surface area contributed by atoms with E-state index < -0.39 is 6.04 Å². The Morgan fingerprint density at radius 1 is 1.20 bits per heavy atom. The Bertz CT molecular complexity index is 880. The van der Waals surface area contributed by atoms with E-state index in [1.165, 1.54) is 9.80 Å². The van der Waals surface area contributed by atoms with Crippen molar-refractivity contribution in [2.24, 2.45) is 0 Å². The number of rotatable bonds is 5. The van der Waals surface area contributed by atoms with Gasteiger partial charge in [0.2, 0.25) is 5.91 Å². The van der Waals surface area contributed by atoms with Gasteiger partial charge in [0.25, 0.3) is 11.8 Å². The number of carbonyl (C=O) groups is 4. The van der Waals surface area contributed by atoms with Crippen molar-refractivity contribution in [2.45, 2.75) is 57.0 Å². The molecule has 160 valence electrons. The van der Waals surface area contributed by atoms with E-state index in [0.717, 1.165) is 32.1 Å². The topological polar surface area (TPSA) is 108 Å². The van der Waals surface area contributed by atoms with Gasteiger partial charge < -0.3 is 20.3 Å². The maximum Gasteiger partial charge on any atom is 0.325 e. The van der Waals surface area contributed by atoms with Gasteiger partial charge in [-0.05, 0) is 37.5 Å². The summed E-state index contributed by atoms with van der Waals surface area (Å²) in [5.41, 5.74) is 1.12. The molecule has 0 unspecified atom stereocenters. The fourth-order valence-electron chi connectivity index (χ4n) is 4.28. The van der Waals surface area contributed by atoms with Crippen LogP contribution in [0.15, 0.2) is 18.2 Å². The average Bonchev–Trinajstić information content (AvgIpc) is 3.03. The summed E-state index contributed by atoms with van der Waals surface area (Å²) in [5.74, 6) is -0.0780. The number of hydrogen-bond donors (Lipinski definition) is 2. The van der Waals surface area contributed by atoms with E-state index in [1.807, 2.05) is 0 Å². The van der Waals surface area contributed by atoms with Crippen LogP contribution >= 0.6 is 0 Å². The summed E-state index contributed by atoms with van der Waals surface area (Å²) in [4.78, 5) is 52.0. The number of benzene rings is 1. The van der Waals surface area contributed by atoms with Crippen LogP contribution in [-0.4, -0.2) is 54.4 Å². The number of fused-ring (bicyclic) bond motifs is 1. The van der Waals surface area contributed by atoms with Crippen molar-refractivity contribution < 1.29 is 23.9 Å². The first-order valence-electron chi connectivity index (χ1n) is 10.4. The molecule has 0 aromatic heterocycles. The van der Waals surface area contributed by atoms with Crippen LogP contribution in [-0.2, 0) is 14.4 Å². The Morgan fingerprint density at radius 3 is 2.73 bits per heavy atom. The van der Waals surface area contributed by atoms with E-state index in [9.17, 15) is 19.2 Å². The molecule has 0 spiro atoms. The van der Waals surface area contributed by atoms with Crippen LogP contribution in [0.4, 0.5) is 16.2 Å². The van der Waals surface area contributed by atoms with Crippen LogP contribution in [0, 0.1) is 0 Å². The number of carbonyl (C=O) groups excluding carboxylic acids is 4. The molecule has 2 aliphatic heterocycles. The van der Waals surface area contributed by atoms with Gasteiger partial charge in [-0.1, -0.05) is 19.3 Å². The lowest BCUT2D eigenvalue weighted by Gasteiger charge is -2.28. The third-order valence-corrected chi connectivity index (χ3v) is 5.98. The minimum atomic E-state index is -0.661. The van der Waals surface area contributed by atoms with Crippen LogP contribution < -0.4 is 20.3 Å². The van der Waals surface area contributed by atoms with Gasteiger partial charge in [0.15, 0.2) is 6.61 Å². The second-order valence-electron chi connectivity index (χ2n) is 8.01. The molecule has 4 rings (SSSR count). The van der Waals surface area contributed by atoms with Gasteiger partial charge in [-0.3, -0.25) is 19.3 Å². The number of amides is 5. The summed E-state index contributed by atoms with van der Waals surface area (Å²) in [6, 6.07) is 4.05. The van der Waals surface area contributed by atoms with Gasteiger partial charge in [-0.15, -0.1) is 0 Å². The number of hydrogen-bond acceptors (Lipinski definition) is 5. The molecule has 1 saturated carbocycles. The minimum absolute atomic E-state index is 0.00574. The fraction of sp³-hybridized carbons (Fsp3) is 0.524. The van der Waals surface area contributed by atoms with Gasteiger partial charge >= 0.3 is 6.03 Å². The minimum Gasteiger partial charge on any atom is -0.482 e. The van der Waals surface area contributed by atoms with E-state index >= 15 is 0 Å². The Labute approximate surface area is 174 Å². The van der Waals surface area contributed by atoms with Crippen molar-refractivity contribution in [1.82, 2.24) is 10.2 Å². The lowest BCUT2D eigenvalue weighted by atomic mass is 9.94.